The number of unbranched alkanes of at least 4 members (excludes halogenated alkanes) is 16. The maximum absolute atomic E-state index is 12.3. The van der Waals surface area contributed by atoms with Gasteiger partial charge in [0.15, 0.2) is 0 Å². The van der Waals surface area contributed by atoms with Crippen LogP contribution in [0.4, 0.5) is 4.79 Å². The first kappa shape index (κ1) is 65.4. The topological polar surface area (TPSA) is 261 Å². The Balaban J connectivity index is 3.52. The third-order valence-electron chi connectivity index (χ3n) is 11.6. The summed E-state index contributed by atoms with van der Waals surface area (Å²) in [5.74, 6) is 0.340. The van der Waals surface area contributed by atoms with Gasteiger partial charge >= 0.3 is 6.09 Å². The number of nitrogens with one attached hydrogen (secondary N) is 6. The fourth-order valence-corrected chi connectivity index (χ4v) is 7.52. The van der Waals surface area contributed by atoms with E-state index in [-0.39, 0.29) is 47.0 Å². The van der Waals surface area contributed by atoms with Crippen molar-refractivity contribution in [3.05, 3.63) is 0 Å². The molecular weight excluding hydrogens is 895 g/mol. The van der Waals surface area contributed by atoms with Crippen molar-refractivity contribution in [1.29, 1.82) is 0 Å². The van der Waals surface area contributed by atoms with Gasteiger partial charge in [0.05, 0.1) is 0 Å². The average molecular weight is 992 g/mol. The molecule has 0 spiro atoms. The molecule has 0 heterocycles. The third kappa shape index (κ3) is 49.8. The van der Waals surface area contributed by atoms with Crippen molar-refractivity contribution < 1.29 is 47.9 Å². The zero-order valence-electron chi connectivity index (χ0n) is 43.9. The summed E-state index contributed by atoms with van der Waals surface area (Å²) in [5.41, 5.74) is 4.60. The van der Waals surface area contributed by atoms with E-state index < -0.39 is 11.7 Å². The van der Waals surface area contributed by atoms with Crippen LogP contribution in [-0.2, 0) is 43.1 Å². The summed E-state index contributed by atoms with van der Waals surface area (Å²) in [7, 11) is 0. The number of primary amides is 1. The van der Waals surface area contributed by atoms with Gasteiger partial charge in [-0.05, 0) is 124 Å². The summed E-state index contributed by atoms with van der Waals surface area (Å²) in [5, 5.41) is 17.4. The number of carbonyl (C=O) groups excluding carboxylic acids is 9. The Morgan fingerprint density at radius 2 is 0.514 bits per heavy atom. The van der Waals surface area contributed by atoms with Crippen LogP contribution in [0.5, 0.6) is 0 Å². The SMILES string of the molecule is CC(C)(C)OC(=O)NCCCCCC(=O)NCCCCCC(=O)NCCCCCC(=O)NCCCCCC(=O)NCCCCCC(=O)CCCCCC(=O)CCCCCC(=O)NCCCCCC(N)=O. The maximum atomic E-state index is 12.3. The highest BCUT2D eigenvalue weighted by atomic mass is 16.6. The van der Waals surface area contributed by atoms with Crippen molar-refractivity contribution in [3.63, 3.8) is 0 Å². The molecule has 0 bridgehead atoms. The fourth-order valence-electron chi connectivity index (χ4n) is 7.52. The average Bonchev–Trinajstić information content (AvgIpc) is 3.29. The summed E-state index contributed by atoms with van der Waals surface area (Å²) in [6, 6.07) is 0. The molecule has 404 valence electrons. The third-order valence-corrected chi connectivity index (χ3v) is 11.6. The van der Waals surface area contributed by atoms with Crippen LogP contribution in [0.3, 0.4) is 0 Å². The summed E-state index contributed by atoms with van der Waals surface area (Å²) in [4.78, 5) is 107. The molecule has 0 aliphatic carbocycles. The Labute approximate surface area is 421 Å². The summed E-state index contributed by atoms with van der Waals surface area (Å²) >= 11 is 0. The minimum atomic E-state index is -0.519. The number of nitrogens with two attached hydrogens (primary N) is 1. The molecule has 0 aromatic rings. The molecule has 0 radical (unpaired) electrons. The Morgan fingerprint density at radius 1 is 0.300 bits per heavy atom. The highest BCUT2D eigenvalue weighted by Gasteiger charge is 2.15. The maximum Gasteiger partial charge on any atom is 0.407 e. The molecule has 0 saturated heterocycles. The van der Waals surface area contributed by atoms with Crippen molar-refractivity contribution in [3.8, 4) is 0 Å². The molecule has 0 aliphatic rings. The van der Waals surface area contributed by atoms with Gasteiger partial charge in [-0.1, -0.05) is 51.4 Å². The van der Waals surface area contributed by atoms with E-state index in [9.17, 15) is 43.2 Å². The molecule has 0 aromatic heterocycles. The van der Waals surface area contributed by atoms with E-state index in [1.807, 2.05) is 20.8 Å². The lowest BCUT2D eigenvalue weighted by molar-refractivity contribution is -0.122. The molecule has 8 N–H and O–H groups in total. The van der Waals surface area contributed by atoms with Gasteiger partial charge in [-0.15, -0.1) is 0 Å². The molecule has 7 amide bonds. The zero-order chi connectivity index (χ0) is 51.9. The van der Waals surface area contributed by atoms with Crippen molar-refractivity contribution >= 4 is 53.1 Å². The van der Waals surface area contributed by atoms with Gasteiger partial charge in [0.25, 0.3) is 0 Å². The second-order valence-electron chi connectivity index (χ2n) is 19.7. The molecule has 0 fully saturated rings. The predicted octanol–water partition coefficient (Wildman–Crippen LogP) is 7.98. The highest BCUT2D eigenvalue weighted by Crippen LogP contribution is 2.12. The first-order valence-electron chi connectivity index (χ1n) is 27.2. The molecule has 0 unspecified atom stereocenters. The minimum absolute atomic E-state index is 0.0238. The van der Waals surface area contributed by atoms with Crippen molar-refractivity contribution in [2.45, 2.75) is 245 Å². The number of Topliss-reactive ketones (excluding diaryl/α,β-unsaturated/α-hetero) is 2. The minimum Gasteiger partial charge on any atom is -0.444 e. The van der Waals surface area contributed by atoms with Crippen molar-refractivity contribution in [2.75, 3.05) is 39.3 Å². The van der Waals surface area contributed by atoms with E-state index in [1.54, 1.807) is 0 Å². The van der Waals surface area contributed by atoms with Crippen LogP contribution in [0, 0.1) is 0 Å². The van der Waals surface area contributed by atoms with Crippen LogP contribution in [-0.4, -0.2) is 98.0 Å². The second kappa shape index (κ2) is 45.6. The molecule has 0 atom stereocenters. The number of amides is 7. The lowest BCUT2D eigenvalue weighted by Gasteiger charge is -2.19. The molecular formula is C53H97N7O10. The quantitative estimate of drug-likeness (QED) is 0.0289. The molecule has 17 nitrogen and oxygen atoms in total. The van der Waals surface area contributed by atoms with Gasteiger partial charge in [-0.25, -0.2) is 4.79 Å². The molecule has 17 heteroatoms. The molecule has 0 rings (SSSR count). The van der Waals surface area contributed by atoms with Crippen molar-refractivity contribution in [1.82, 2.24) is 31.9 Å². The van der Waals surface area contributed by atoms with E-state index in [0.717, 1.165) is 154 Å². The van der Waals surface area contributed by atoms with Gasteiger partial charge in [0.2, 0.25) is 35.4 Å². The number of ketones is 2. The molecule has 70 heavy (non-hydrogen) atoms. The van der Waals surface area contributed by atoms with Gasteiger partial charge < -0.3 is 42.4 Å². The number of ether oxygens (including phenoxy) is 1. The Morgan fingerprint density at radius 3 is 0.757 bits per heavy atom. The molecule has 0 aliphatic heterocycles. The van der Waals surface area contributed by atoms with E-state index in [1.165, 1.54) is 0 Å². The number of carbonyl (C=O) groups is 9. The van der Waals surface area contributed by atoms with E-state index in [2.05, 4.69) is 31.9 Å². The van der Waals surface area contributed by atoms with E-state index in [0.29, 0.717) is 103 Å². The zero-order valence-corrected chi connectivity index (χ0v) is 43.9. The number of rotatable bonds is 48. The van der Waals surface area contributed by atoms with Gasteiger partial charge in [-0.2, -0.15) is 0 Å². The Kier molecular flexibility index (Phi) is 42.6. The first-order chi connectivity index (χ1) is 33.6. The highest BCUT2D eigenvalue weighted by molar-refractivity contribution is 5.79. The summed E-state index contributed by atoms with van der Waals surface area (Å²) in [6.45, 7) is 8.98. The summed E-state index contributed by atoms with van der Waals surface area (Å²) in [6.07, 6.45) is 24.0. The Bertz CT molecular complexity index is 1470. The Hall–Kier alpha value is -4.57. The number of alkyl carbamates (subject to hydrolysis) is 1. The van der Waals surface area contributed by atoms with Crippen LogP contribution in [0.15, 0.2) is 0 Å². The van der Waals surface area contributed by atoms with Crippen LogP contribution < -0.4 is 37.6 Å². The van der Waals surface area contributed by atoms with Crippen LogP contribution in [0.2, 0.25) is 0 Å². The van der Waals surface area contributed by atoms with Crippen LogP contribution in [0.25, 0.3) is 0 Å². The van der Waals surface area contributed by atoms with Crippen molar-refractivity contribution in [2.24, 2.45) is 5.73 Å². The van der Waals surface area contributed by atoms with Gasteiger partial charge in [-0.3, -0.25) is 38.4 Å². The number of hydrogen-bond donors (Lipinski definition) is 7. The molecule has 0 aromatic carbocycles. The predicted molar refractivity (Wildman–Crippen MR) is 275 cm³/mol. The van der Waals surface area contributed by atoms with Crippen LogP contribution in [0.1, 0.15) is 239 Å². The van der Waals surface area contributed by atoms with Crippen LogP contribution >= 0.6 is 0 Å². The fraction of sp³-hybridized carbons (Fsp3) is 0.830. The van der Waals surface area contributed by atoms with E-state index in [4.69, 9.17) is 10.5 Å². The van der Waals surface area contributed by atoms with Gasteiger partial charge in [0, 0.05) is 103 Å². The largest absolute Gasteiger partial charge is 0.444 e. The monoisotopic (exact) mass is 992 g/mol. The number of hydrogen-bond acceptors (Lipinski definition) is 10. The molecule has 0 saturated carbocycles. The van der Waals surface area contributed by atoms with E-state index >= 15 is 0 Å². The first-order valence-corrected chi connectivity index (χ1v) is 27.2. The summed E-state index contributed by atoms with van der Waals surface area (Å²) < 4.78 is 5.19. The smallest absolute Gasteiger partial charge is 0.407 e. The standard InChI is InChI=1S/C53H97N7O10/c1-53(2,3)70-52(69)60-43-27-11-21-37-51(68)59-42-26-10-20-36-50(67)58-41-25-9-19-35-49(66)57-40-24-8-18-34-48(65)55-38-22-6-15-31-45(62)29-13-4-12-28-44(61)30-14-5-17-33-47(64)56-39-23-7-16-32-46(54)63/h4-43H2,1-3H3,(H2,54,63)(H,55,65)(H,56,64)(H,57,66)(H,58,67)(H,59,68)(H,60,69). The lowest BCUT2D eigenvalue weighted by atomic mass is 10.0. The van der Waals surface area contributed by atoms with Gasteiger partial charge in [0.1, 0.15) is 17.2 Å². The normalized spacial score (nSPS) is 11.1. The second-order valence-corrected chi connectivity index (χ2v) is 19.7. The lowest BCUT2D eigenvalue weighted by Crippen LogP contribution is -2.33.